The van der Waals surface area contributed by atoms with Crippen LogP contribution in [0.4, 0.5) is 5.69 Å². The first-order chi connectivity index (χ1) is 11.6. The highest BCUT2D eigenvalue weighted by atomic mass is 32.2. The summed E-state index contributed by atoms with van der Waals surface area (Å²) in [6.07, 6.45) is 0.248. The Labute approximate surface area is 145 Å². The third-order valence-corrected chi connectivity index (χ3v) is 4.51. The van der Waals surface area contributed by atoms with Gasteiger partial charge in [-0.3, -0.25) is 4.79 Å². The van der Waals surface area contributed by atoms with Crippen LogP contribution in [0.1, 0.15) is 12.2 Å². The summed E-state index contributed by atoms with van der Waals surface area (Å²) in [6, 6.07) is 9.36. The number of aromatic nitrogens is 3. The Hall–Kier alpha value is -2.53. The second-order valence-electron chi connectivity index (χ2n) is 5.00. The lowest BCUT2D eigenvalue weighted by Crippen LogP contribution is -2.33. The largest absolute Gasteiger partial charge is 0.495 e. The molecule has 0 bridgehead atoms. The number of para-hydroxylation sites is 2. The summed E-state index contributed by atoms with van der Waals surface area (Å²) in [5, 5.41) is 17.6. The predicted octanol–water partition coefficient (Wildman–Crippen LogP) is 2.17. The number of methoxy groups -OCH3 is 1. The van der Waals surface area contributed by atoms with Gasteiger partial charge in [0.2, 0.25) is 5.91 Å². The lowest BCUT2D eigenvalue weighted by atomic mass is 10.2. The smallest absolute Gasteiger partial charge is 0.237 e. The fourth-order valence-corrected chi connectivity index (χ4v) is 2.94. The van der Waals surface area contributed by atoms with Gasteiger partial charge in [0.15, 0.2) is 5.16 Å². The molecule has 24 heavy (non-hydrogen) atoms. The Morgan fingerprint density at radius 3 is 2.79 bits per heavy atom. The third-order valence-electron chi connectivity index (χ3n) is 3.50. The van der Waals surface area contributed by atoms with Gasteiger partial charge in [-0.1, -0.05) is 23.9 Å². The van der Waals surface area contributed by atoms with Crippen LogP contribution in [-0.2, 0) is 11.8 Å². The standard InChI is InChI=1S/C16H19N5O2S/c1-12-18-19-16(20(12)2)24-11-15(22)21(10-6-9-17)13-7-4-5-8-14(13)23-3/h4-5,7-8H,6,10-11H2,1-3H3. The van der Waals surface area contributed by atoms with Crippen LogP contribution in [0.15, 0.2) is 29.4 Å². The van der Waals surface area contributed by atoms with E-state index in [1.165, 1.54) is 11.8 Å². The van der Waals surface area contributed by atoms with Gasteiger partial charge in [0, 0.05) is 13.6 Å². The third kappa shape index (κ3) is 4.06. The van der Waals surface area contributed by atoms with Crippen molar-refractivity contribution in [1.29, 1.82) is 5.26 Å². The van der Waals surface area contributed by atoms with E-state index in [9.17, 15) is 4.79 Å². The Morgan fingerprint density at radius 1 is 1.42 bits per heavy atom. The van der Waals surface area contributed by atoms with Crippen molar-refractivity contribution in [3.8, 4) is 11.8 Å². The molecule has 7 nitrogen and oxygen atoms in total. The molecule has 0 aliphatic carbocycles. The molecular weight excluding hydrogens is 326 g/mol. The molecule has 1 amide bonds. The average Bonchev–Trinajstić information content (AvgIpc) is 2.92. The fourth-order valence-electron chi connectivity index (χ4n) is 2.11. The van der Waals surface area contributed by atoms with Crippen molar-refractivity contribution < 1.29 is 9.53 Å². The molecule has 0 aliphatic heterocycles. The van der Waals surface area contributed by atoms with Crippen LogP contribution >= 0.6 is 11.8 Å². The molecule has 0 aliphatic rings. The SMILES string of the molecule is COc1ccccc1N(CCC#N)C(=O)CSc1nnc(C)n1C. The van der Waals surface area contributed by atoms with E-state index in [1.807, 2.05) is 36.7 Å². The number of carbonyl (C=O) groups is 1. The first-order valence-corrected chi connectivity index (χ1v) is 8.36. The predicted molar refractivity (Wildman–Crippen MR) is 92.0 cm³/mol. The number of hydrogen-bond donors (Lipinski definition) is 0. The van der Waals surface area contributed by atoms with E-state index in [4.69, 9.17) is 10.00 Å². The molecule has 1 heterocycles. The molecule has 0 N–H and O–H groups in total. The molecule has 126 valence electrons. The maximum Gasteiger partial charge on any atom is 0.237 e. The van der Waals surface area contributed by atoms with Gasteiger partial charge in [0.1, 0.15) is 11.6 Å². The van der Waals surface area contributed by atoms with Crippen molar-refractivity contribution in [3.63, 3.8) is 0 Å². The van der Waals surface area contributed by atoms with Crippen LogP contribution in [0.25, 0.3) is 0 Å². The minimum absolute atomic E-state index is 0.111. The minimum atomic E-state index is -0.111. The number of ether oxygens (including phenoxy) is 1. The summed E-state index contributed by atoms with van der Waals surface area (Å²) < 4.78 is 7.17. The van der Waals surface area contributed by atoms with Crippen LogP contribution in [0.2, 0.25) is 0 Å². The van der Waals surface area contributed by atoms with Crippen LogP contribution in [0.5, 0.6) is 5.75 Å². The van der Waals surface area contributed by atoms with Crippen LogP contribution in [-0.4, -0.2) is 40.1 Å². The van der Waals surface area contributed by atoms with E-state index in [0.29, 0.717) is 23.1 Å². The molecular formula is C16H19N5O2S. The number of anilines is 1. The van der Waals surface area contributed by atoms with Gasteiger partial charge in [0.05, 0.1) is 31.0 Å². The highest BCUT2D eigenvalue weighted by Gasteiger charge is 2.20. The molecule has 0 saturated carbocycles. The van der Waals surface area contributed by atoms with Gasteiger partial charge in [0.25, 0.3) is 0 Å². The number of aryl methyl sites for hydroxylation is 1. The highest BCUT2D eigenvalue weighted by Crippen LogP contribution is 2.29. The lowest BCUT2D eigenvalue weighted by molar-refractivity contribution is -0.116. The van der Waals surface area contributed by atoms with Gasteiger partial charge in [-0.25, -0.2) is 0 Å². The molecule has 2 aromatic rings. The number of hydrogen-bond acceptors (Lipinski definition) is 6. The van der Waals surface area contributed by atoms with E-state index in [-0.39, 0.29) is 18.1 Å². The van der Waals surface area contributed by atoms with E-state index < -0.39 is 0 Å². The zero-order valence-corrected chi connectivity index (χ0v) is 14.7. The van der Waals surface area contributed by atoms with Crippen LogP contribution in [0.3, 0.4) is 0 Å². The summed E-state index contributed by atoms with van der Waals surface area (Å²) in [7, 11) is 3.42. The summed E-state index contributed by atoms with van der Waals surface area (Å²) in [5.41, 5.74) is 0.662. The van der Waals surface area contributed by atoms with Gasteiger partial charge >= 0.3 is 0 Å². The van der Waals surface area contributed by atoms with Crippen LogP contribution in [0, 0.1) is 18.3 Å². The Morgan fingerprint density at radius 2 is 2.17 bits per heavy atom. The second kappa shape index (κ2) is 8.36. The molecule has 0 saturated heterocycles. The average molecular weight is 345 g/mol. The number of nitrogens with zero attached hydrogens (tertiary/aromatic N) is 5. The molecule has 0 radical (unpaired) electrons. The summed E-state index contributed by atoms with van der Waals surface area (Å²) in [6.45, 7) is 2.17. The first kappa shape index (κ1) is 17.8. The number of benzene rings is 1. The molecule has 8 heteroatoms. The van der Waals surface area contributed by atoms with Crippen molar-refractivity contribution in [3.05, 3.63) is 30.1 Å². The molecule has 0 unspecified atom stereocenters. The normalized spacial score (nSPS) is 10.2. The molecule has 2 rings (SSSR count). The fraction of sp³-hybridized carbons (Fsp3) is 0.375. The Bertz CT molecular complexity index is 753. The van der Waals surface area contributed by atoms with Crippen molar-refractivity contribution in [1.82, 2.24) is 14.8 Å². The zero-order chi connectivity index (χ0) is 17.5. The van der Waals surface area contributed by atoms with Gasteiger partial charge in [-0.2, -0.15) is 5.26 Å². The Balaban J connectivity index is 2.16. The van der Waals surface area contributed by atoms with Gasteiger partial charge < -0.3 is 14.2 Å². The summed E-state index contributed by atoms with van der Waals surface area (Å²) >= 11 is 1.32. The number of nitriles is 1. The van der Waals surface area contributed by atoms with Gasteiger partial charge in [-0.15, -0.1) is 10.2 Å². The monoisotopic (exact) mass is 345 g/mol. The van der Waals surface area contributed by atoms with E-state index >= 15 is 0 Å². The van der Waals surface area contributed by atoms with E-state index in [0.717, 1.165) is 5.82 Å². The first-order valence-electron chi connectivity index (χ1n) is 7.37. The molecule has 0 atom stereocenters. The van der Waals surface area contributed by atoms with Crippen LogP contribution < -0.4 is 9.64 Å². The maximum atomic E-state index is 12.7. The van der Waals surface area contributed by atoms with E-state index in [1.54, 1.807) is 18.1 Å². The summed E-state index contributed by atoms with van der Waals surface area (Å²) in [4.78, 5) is 14.3. The highest BCUT2D eigenvalue weighted by molar-refractivity contribution is 7.99. The quantitative estimate of drug-likeness (QED) is 0.715. The Kier molecular flexibility index (Phi) is 6.21. The maximum absolute atomic E-state index is 12.7. The zero-order valence-electron chi connectivity index (χ0n) is 13.9. The topological polar surface area (TPSA) is 84.0 Å². The molecule has 1 aromatic carbocycles. The molecule has 0 spiro atoms. The van der Waals surface area contributed by atoms with Gasteiger partial charge in [-0.05, 0) is 19.1 Å². The molecule has 0 fully saturated rings. The second-order valence-corrected chi connectivity index (χ2v) is 5.95. The number of thioether (sulfide) groups is 1. The summed E-state index contributed by atoms with van der Waals surface area (Å²) in [5.74, 6) is 1.48. The number of rotatable bonds is 7. The van der Waals surface area contributed by atoms with Crippen molar-refractivity contribution in [2.75, 3.05) is 24.3 Å². The van der Waals surface area contributed by atoms with E-state index in [2.05, 4.69) is 16.3 Å². The molecule has 1 aromatic heterocycles. The van der Waals surface area contributed by atoms with Crippen molar-refractivity contribution >= 4 is 23.4 Å². The van der Waals surface area contributed by atoms with Crippen molar-refractivity contribution in [2.45, 2.75) is 18.5 Å². The number of carbonyl (C=O) groups excluding carboxylic acids is 1. The van der Waals surface area contributed by atoms with Crippen molar-refractivity contribution in [2.24, 2.45) is 7.05 Å². The minimum Gasteiger partial charge on any atom is -0.495 e. The lowest BCUT2D eigenvalue weighted by Gasteiger charge is -2.23. The number of amides is 1.